The summed E-state index contributed by atoms with van der Waals surface area (Å²) in [5, 5.41) is 5.67. The van der Waals surface area contributed by atoms with Gasteiger partial charge in [-0.15, -0.1) is 0 Å². The molecule has 0 saturated carbocycles. The molecule has 126 valence electrons. The Morgan fingerprint density at radius 3 is 2.17 bits per heavy atom. The zero-order valence-corrected chi connectivity index (χ0v) is 14.4. The fourth-order valence-corrected chi connectivity index (χ4v) is 2.30. The molecule has 0 aromatic heterocycles. The van der Waals surface area contributed by atoms with E-state index in [0.29, 0.717) is 23.6 Å². The highest BCUT2D eigenvalue weighted by molar-refractivity contribution is 6.06. The van der Waals surface area contributed by atoms with Gasteiger partial charge in [-0.2, -0.15) is 0 Å². The van der Waals surface area contributed by atoms with E-state index in [0.717, 1.165) is 12.1 Å². The van der Waals surface area contributed by atoms with Crippen molar-refractivity contribution in [3.05, 3.63) is 65.2 Å². The lowest BCUT2D eigenvalue weighted by Crippen LogP contribution is -2.24. The Hall–Kier alpha value is -2.62. The minimum atomic E-state index is -0.225. The third-order valence-corrected chi connectivity index (χ3v) is 3.76. The average molecular weight is 324 g/mol. The number of anilines is 1. The SMILES string of the molecule is CCCNC(=O)c1cccc(C(=O)Nc2ccc(C(C)C)cc2)c1. The smallest absolute Gasteiger partial charge is 0.255 e. The Balaban J connectivity index is 2.08. The molecule has 0 aliphatic rings. The number of rotatable bonds is 6. The van der Waals surface area contributed by atoms with Crippen LogP contribution in [0.1, 0.15) is 59.4 Å². The molecule has 0 radical (unpaired) electrons. The van der Waals surface area contributed by atoms with E-state index in [1.807, 2.05) is 31.2 Å². The molecule has 0 heterocycles. The van der Waals surface area contributed by atoms with Gasteiger partial charge in [-0.1, -0.05) is 39.0 Å². The molecule has 24 heavy (non-hydrogen) atoms. The summed E-state index contributed by atoms with van der Waals surface area (Å²) in [7, 11) is 0. The largest absolute Gasteiger partial charge is 0.352 e. The predicted octanol–water partition coefficient (Wildman–Crippen LogP) is 4.20. The van der Waals surface area contributed by atoms with Gasteiger partial charge < -0.3 is 10.6 Å². The van der Waals surface area contributed by atoms with Crippen molar-refractivity contribution in [3.63, 3.8) is 0 Å². The molecule has 0 spiro atoms. The lowest BCUT2D eigenvalue weighted by molar-refractivity contribution is 0.0953. The third-order valence-electron chi connectivity index (χ3n) is 3.76. The molecule has 2 amide bonds. The number of benzene rings is 2. The van der Waals surface area contributed by atoms with E-state index in [4.69, 9.17) is 0 Å². The summed E-state index contributed by atoms with van der Waals surface area (Å²) in [6.07, 6.45) is 0.873. The van der Waals surface area contributed by atoms with Gasteiger partial charge in [0.05, 0.1) is 0 Å². The van der Waals surface area contributed by atoms with Crippen LogP contribution in [-0.4, -0.2) is 18.4 Å². The highest BCUT2D eigenvalue weighted by Crippen LogP contribution is 2.18. The normalized spacial score (nSPS) is 10.5. The second-order valence-electron chi connectivity index (χ2n) is 6.07. The fourth-order valence-electron chi connectivity index (χ4n) is 2.30. The lowest BCUT2D eigenvalue weighted by Gasteiger charge is -2.09. The second-order valence-corrected chi connectivity index (χ2v) is 6.07. The minimum Gasteiger partial charge on any atom is -0.352 e. The number of nitrogens with one attached hydrogen (secondary N) is 2. The van der Waals surface area contributed by atoms with Crippen LogP contribution in [0.5, 0.6) is 0 Å². The topological polar surface area (TPSA) is 58.2 Å². The fraction of sp³-hybridized carbons (Fsp3) is 0.300. The van der Waals surface area contributed by atoms with Gasteiger partial charge in [0.25, 0.3) is 11.8 Å². The van der Waals surface area contributed by atoms with Crippen molar-refractivity contribution in [3.8, 4) is 0 Å². The standard InChI is InChI=1S/C20H24N2O2/c1-4-12-21-19(23)16-6-5-7-17(13-16)20(24)22-18-10-8-15(9-11-18)14(2)3/h5-11,13-14H,4,12H2,1-3H3,(H,21,23)(H,22,24). The Kier molecular flexibility index (Phi) is 6.13. The summed E-state index contributed by atoms with van der Waals surface area (Å²) in [5.41, 5.74) is 2.92. The van der Waals surface area contributed by atoms with Crippen LogP contribution in [-0.2, 0) is 0 Å². The van der Waals surface area contributed by atoms with Gasteiger partial charge in [-0.3, -0.25) is 9.59 Å². The number of carbonyl (C=O) groups excluding carboxylic acids is 2. The molecule has 2 N–H and O–H groups in total. The second kappa shape index (κ2) is 8.29. The summed E-state index contributed by atoms with van der Waals surface area (Å²) in [6, 6.07) is 14.5. The van der Waals surface area contributed by atoms with Gasteiger partial charge in [0.2, 0.25) is 0 Å². The van der Waals surface area contributed by atoms with E-state index in [-0.39, 0.29) is 11.8 Å². The van der Waals surface area contributed by atoms with Crippen LogP contribution in [0, 0.1) is 0 Å². The van der Waals surface area contributed by atoms with E-state index in [1.165, 1.54) is 5.56 Å². The molecule has 2 rings (SSSR count). The van der Waals surface area contributed by atoms with Crippen LogP contribution >= 0.6 is 0 Å². The molecule has 0 aliphatic heterocycles. The van der Waals surface area contributed by atoms with Crippen LogP contribution in [0.4, 0.5) is 5.69 Å². The zero-order chi connectivity index (χ0) is 17.5. The molecular formula is C20H24N2O2. The first-order chi connectivity index (χ1) is 11.5. The molecule has 4 heteroatoms. The Morgan fingerprint density at radius 2 is 1.58 bits per heavy atom. The van der Waals surface area contributed by atoms with E-state index in [1.54, 1.807) is 24.3 Å². The molecule has 4 nitrogen and oxygen atoms in total. The molecule has 0 bridgehead atoms. The Labute approximate surface area is 143 Å². The maximum atomic E-state index is 12.4. The monoisotopic (exact) mass is 324 g/mol. The summed E-state index contributed by atoms with van der Waals surface area (Å²) in [4.78, 5) is 24.4. The van der Waals surface area contributed by atoms with E-state index >= 15 is 0 Å². The van der Waals surface area contributed by atoms with Crippen molar-refractivity contribution in [2.24, 2.45) is 0 Å². The molecule has 0 unspecified atom stereocenters. The van der Waals surface area contributed by atoms with Gasteiger partial charge in [0.15, 0.2) is 0 Å². The maximum absolute atomic E-state index is 12.4. The van der Waals surface area contributed by atoms with Crippen LogP contribution in [0.2, 0.25) is 0 Å². The lowest BCUT2D eigenvalue weighted by atomic mass is 10.0. The summed E-state index contributed by atoms with van der Waals surface area (Å²) in [6.45, 7) is 6.87. The van der Waals surface area contributed by atoms with Crippen LogP contribution in [0.3, 0.4) is 0 Å². The van der Waals surface area contributed by atoms with Crippen LogP contribution in [0.25, 0.3) is 0 Å². The van der Waals surface area contributed by atoms with Crippen molar-refractivity contribution < 1.29 is 9.59 Å². The van der Waals surface area contributed by atoms with Crippen LogP contribution < -0.4 is 10.6 Å². The van der Waals surface area contributed by atoms with Crippen molar-refractivity contribution in [2.75, 3.05) is 11.9 Å². The van der Waals surface area contributed by atoms with Crippen molar-refractivity contribution in [1.29, 1.82) is 0 Å². The molecular weight excluding hydrogens is 300 g/mol. The van der Waals surface area contributed by atoms with Gasteiger partial charge in [0, 0.05) is 23.4 Å². The first kappa shape index (κ1) is 17.7. The van der Waals surface area contributed by atoms with E-state index in [2.05, 4.69) is 24.5 Å². The zero-order valence-electron chi connectivity index (χ0n) is 14.4. The van der Waals surface area contributed by atoms with Crippen LogP contribution in [0.15, 0.2) is 48.5 Å². The molecule has 2 aromatic carbocycles. The van der Waals surface area contributed by atoms with Crippen molar-refractivity contribution in [2.45, 2.75) is 33.1 Å². The highest BCUT2D eigenvalue weighted by atomic mass is 16.2. The van der Waals surface area contributed by atoms with Gasteiger partial charge >= 0.3 is 0 Å². The maximum Gasteiger partial charge on any atom is 0.255 e. The number of amides is 2. The van der Waals surface area contributed by atoms with Crippen molar-refractivity contribution in [1.82, 2.24) is 5.32 Å². The summed E-state index contributed by atoms with van der Waals surface area (Å²) < 4.78 is 0. The Morgan fingerprint density at radius 1 is 0.958 bits per heavy atom. The summed E-state index contributed by atoms with van der Waals surface area (Å²) in [5.74, 6) is 0.0679. The Bertz CT molecular complexity index is 706. The summed E-state index contributed by atoms with van der Waals surface area (Å²) >= 11 is 0. The number of hydrogen-bond donors (Lipinski definition) is 2. The van der Waals surface area contributed by atoms with E-state index in [9.17, 15) is 9.59 Å². The van der Waals surface area contributed by atoms with E-state index < -0.39 is 0 Å². The first-order valence-corrected chi connectivity index (χ1v) is 8.31. The third kappa shape index (κ3) is 4.69. The molecule has 0 saturated heterocycles. The van der Waals surface area contributed by atoms with Gasteiger partial charge in [-0.05, 0) is 48.2 Å². The molecule has 0 fully saturated rings. The first-order valence-electron chi connectivity index (χ1n) is 8.31. The minimum absolute atomic E-state index is 0.159. The van der Waals surface area contributed by atoms with Gasteiger partial charge in [-0.25, -0.2) is 0 Å². The van der Waals surface area contributed by atoms with Gasteiger partial charge in [0.1, 0.15) is 0 Å². The molecule has 2 aromatic rings. The number of carbonyl (C=O) groups is 2. The highest BCUT2D eigenvalue weighted by Gasteiger charge is 2.10. The van der Waals surface area contributed by atoms with Crippen molar-refractivity contribution >= 4 is 17.5 Å². The predicted molar refractivity (Wildman–Crippen MR) is 97.6 cm³/mol. The number of hydrogen-bond acceptors (Lipinski definition) is 2. The quantitative estimate of drug-likeness (QED) is 0.836. The molecule has 0 atom stereocenters. The molecule has 0 aliphatic carbocycles. The average Bonchev–Trinajstić information content (AvgIpc) is 2.60.